The standard InChI is InChI=1S/C11H13ClN2O4S/c1-18-11-9(12)4-7(5-13-11)10(15)14-8-2-3-19(16,17)6-8/h4-5,8H,2-3,6H2,1H3,(H,14,15). The summed E-state index contributed by atoms with van der Waals surface area (Å²) in [6.07, 6.45) is 1.77. The Hall–Kier alpha value is -1.34. The lowest BCUT2D eigenvalue weighted by atomic mass is 10.2. The molecule has 2 heterocycles. The molecule has 1 saturated heterocycles. The van der Waals surface area contributed by atoms with Crippen LogP contribution >= 0.6 is 11.6 Å². The van der Waals surface area contributed by atoms with Crippen LogP contribution in [0.15, 0.2) is 12.3 Å². The summed E-state index contributed by atoms with van der Waals surface area (Å²) in [4.78, 5) is 15.8. The van der Waals surface area contributed by atoms with Gasteiger partial charge in [-0.1, -0.05) is 11.6 Å². The second-order valence-corrected chi connectivity index (χ2v) is 6.92. The van der Waals surface area contributed by atoms with E-state index in [2.05, 4.69) is 10.3 Å². The Morgan fingerprint density at radius 3 is 2.84 bits per heavy atom. The summed E-state index contributed by atoms with van der Waals surface area (Å²) in [5.74, 6) is -0.0591. The predicted molar refractivity (Wildman–Crippen MR) is 70.3 cm³/mol. The van der Waals surface area contributed by atoms with E-state index in [-0.39, 0.29) is 39.9 Å². The summed E-state index contributed by atoms with van der Waals surface area (Å²) in [5.41, 5.74) is 0.273. The third-order valence-electron chi connectivity index (χ3n) is 2.83. The summed E-state index contributed by atoms with van der Waals surface area (Å²) >= 11 is 5.87. The van der Waals surface area contributed by atoms with Gasteiger partial charge in [0.2, 0.25) is 5.88 Å². The predicted octanol–water partition coefficient (Wildman–Crippen LogP) is 0.660. The van der Waals surface area contributed by atoms with Gasteiger partial charge in [-0.3, -0.25) is 4.79 Å². The molecule has 1 aliphatic heterocycles. The summed E-state index contributed by atoms with van der Waals surface area (Å²) in [6, 6.07) is 1.09. The normalized spacial score (nSPS) is 21.1. The molecule has 1 N–H and O–H groups in total. The minimum absolute atomic E-state index is 0.0178. The third-order valence-corrected chi connectivity index (χ3v) is 4.87. The average Bonchev–Trinajstić information content (AvgIpc) is 2.68. The Bertz CT molecular complexity index is 603. The molecule has 1 aromatic heterocycles. The number of hydrogen-bond acceptors (Lipinski definition) is 5. The van der Waals surface area contributed by atoms with Gasteiger partial charge >= 0.3 is 0 Å². The maximum absolute atomic E-state index is 11.9. The van der Waals surface area contributed by atoms with E-state index in [1.807, 2.05) is 0 Å². The fraction of sp³-hybridized carbons (Fsp3) is 0.455. The second-order valence-electron chi connectivity index (χ2n) is 4.29. The molecular formula is C11H13ClN2O4S. The molecular weight excluding hydrogens is 292 g/mol. The Balaban J connectivity index is 2.06. The maximum Gasteiger partial charge on any atom is 0.253 e. The highest BCUT2D eigenvalue weighted by atomic mass is 35.5. The maximum atomic E-state index is 11.9. The molecule has 0 saturated carbocycles. The van der Waals surface area contributed by atoms with Gasteiger partial charge in [0.25, 0.3) is 5.91 Å². The zero-order valence-electron chi connectivity index (χ0n) is 10.2. The van der Waals surface area contributed by atoms with Crippen LogP contribution in [-0.2, 0) is 9.84 Å². The molecule has 0 aliphatic carbocycles. The van der Waals surface area contributed by atoms with Crippen LogP contribution in [0, 0.1) is 0 Å². The van der Waals surface area contributed by atoms with Crippen molar-refractivity contribution < 1.29 is 17.9 Å². The highest BCUT2D eigenvalue weighted by molar-refractivity contribution is 7.91. The van der Waals surface area contributed by atoms with Crippen molar-refractivity contribution in [1.82, 2.24) is 10.3 Å². The van der Waals surface area contributed by atoms with Crippen LogP contribution in [-0.4, -0.2) is 44.0 Å². The number of aromatic nitrogens is 1. The SMILES string of the molecule is COc1ncc(C(=O)NC2CCS(=O)(=O)C2)cc1Cl. The van der Waals surface area contributed by atoms with Crippen molar-refractivity contribution in [2.45, 2.75) is 12.5 Å². The van der Waals surface area contributed by atoms with Gasteiger partial charge in [0.1, 0.15) is 5.02 Å². The van der Waals surface area contributed by atoms with Crippen molar-refractivity contribution >= 4 is 27.3 Å². The first-order valence-electron chi connectivity index (χ1n) is 5.62. The molecule has 8 heteroatoms. The van der Waals surface area contributed by atoms with Crippen molar-refractivity contribution in [3.8, 4) is 5.88 Å². The number of hydrogen-bond donors (Lipinski definition) is 1. The van der Waals surface area contributed by atoms with E-state index in [0.717, 1.165) is 0 Å². The zero-order valence-corrected chi connectivity index (χ0v) is 11.8. The van der Waals surface area contributed by atoms with Gasteiger partial charge in [-0.15, -0.1) is 0 Å². The highest BCUT2D eigenvalue weighted by Gasteiger charge is 2.29. The van der Waals surface area contributed by atoms with Crippen LogP contribution in [0.2, 0.25) is 5.02 Å². The number of sulfone groups is 1. The average molecular weight is 305 g/mol. The molecule has 0 spiro atoms. The van der Waals surface area contributed by atoms with E-state index in [4.69, 9.17) is 16.3 Å². The second kappa shape index (κ2) is 5.34. The topological polar surface area (TPSA) is 85.4 Å². The molecule has 0 bridgehead atoms. The lowest BCUT2D eigenvalue weighted by Gasteiger charge is -2.11. The number of nitrogens with one attached hydrogen (secondary N) is 1. The largest absolute Gasteiger partial charge is 0.480 e. The number of methoxy groups -OCH3 is 1. The summed E-state index contributed by atoms with van der Waals surface area (Å²) in [7, 11) is -1.59. The molecule has 1 unspecified atom stereocenters. The Kier molecular flexibility index (Phi) is 3.96. The van der Waals surface area contributed by atoms with Gasteiger partial charge < -0.3 is 10.1 Å². The lowest BCUT2D eigenvalue weighted by Crippen LogP contribution is -2.35. The number of amides is 1. The van der Waals surface area contributed by atoms with Gasteiger partial charge in [-0.05, 0) is 12.5 Å². The van der Waals surface area contributed by atoms with E-state index in [1.165, 1.54) is 19.4 Å². The molecule has 0 aromatic carbocycles. The van der Waals surface area contributed by atoms with Gasteiger partial charge in [0.05, 0.1) is 24.2 Å². The van der Waals surface area contributed by atoms with E-state index in [0.29, 0.717) is 6.42 Å². The summed E-state index contributed by atoms with van der Waals surface area (Å²) < 4.78 is 27.5. The number of pyridine rings is 1. The van der Waals surface area contributed by atoms with Crippen LogP contribution in [0.5, 0.6) is 5.88 Å². The molecule has 19 heavy (non-hydrogen) atoms. The molecule has 1 amide bonds. The van der Waals surface area contributed by atoms with Crippen LogP contribution in [0.1, 0.15) is 16.8 Å². The first-order valence-corrected chi connectivity index (χ1v) is 7.82. The van der Waals surface area contributed by atoms with Gasteiger partial charge in [0, 0.05) is 12.2 Å². The van der Waals surface area contributed by atoms with E-state index in [1.54, 1.807) is 0 Å². The first kappa shape index (κ1) is 14.1. The minimum atomic E-state index is -3.02. The van der Waals surface area contributed by atoms with E-state index >= 15 is 0 Å². The van der Waals surface area contributed by atoms with Gasteiger partial charge in [-0.25, -0.2) is 13.4 Å². The molecule has 1 aliphatic rings. The zero-order chi connectivity index (χ0) is 14.0. The molecule has 6 nitrogen and oxygen atoms in total. The fourth-order valence-corrected chi connectivity index (χ4v) is 3.79. The number of ether oxygens (including phenoxy) is 1. The molecule has 104 valence electrons. The third kappa shape index (κ3) is 3.36. The quantitative estimate of drug-likeness (QED) is 0.886. The molecule has 1 fully saturated rings. The summed E-state index contributed by atoms with van der Waals surface area (Å²) in [5, 5.41) is 2.89. The molecule has 1 atom stereocenters. The lowest BCUT2D eigenvalue weighted by molar-refractivity contribution is 0.0940. The van der Waals surface area contributed by atoms with Crippen LogP contribution < -0.4 is 10.1 Å². The molecule has 1 aromatic rings. The van der Waals surface area contributed by atoms with Crippen molar-refractivity contribution in [2.75, 3.05) is 18.6 Å². The van der Waals surface area contributed by atoms with Gasteiger partial charge in [0.15, 0.2) is 9.84 Å². The minimum Gasteiger partial charge on any atom is -0.480 e. The fourth-order valence-electron chi connectivity index (χ4n) is 1.88. The number of nitrogens with zero attached hydrogens (tertiary/aromatic N) is 1. The van der Waals surface area contributed by atoms with Crippen LogP contribution in [0.4, 0.5) is 0 Å². The first-order chi connectivity index (χ1) is 8.91. The number of carbonyl (C=O) groups is 1. The molecule has 2 rings (SSSR count). The monoisotopic (exact) mass is 304 g/mol. The number of rotatable bonds is 3. The van der Waals surface area contributed by atoms with E-state index < -0.39 is 9.84 Å². The van der Waals surface area contributed by atoms with Crippen molar-refractivity contribution in [1.29, 1.82) is 0 Å². The van der Waals surface area contributed by atoms with Gasteiger partial charge in [-0.2, -0.15) is 0 Å². The summed E-state index contributed by atoms with van der Waals surface area (Å²) in [6.45, 7) is 0. The smallest absolute Gasteiger partial charge is 0.253 e. The van der Waals surface area contributed by atoms with Crippen molar-refractivity contribution in [3.63, 3.8) is 0 Å². The Labute approximate surface area is 116 Å². The Morgan fingerprint density at radius 1 is 1.58 bits per heavy atom. The highest BCUT2D eigenvalue weighted by Crippen LogP contribution is 2.22. The molecule has 0 radical (unpaired) electrons. The number of halogens is 1. The number of carbonyl (C=O) groups excluding carboxylic acids is 1. The van der Waals surface area contributed by atoms with E-state index in [9.17, 15) is 13.2 Å². The van der Waals surface area contributed by atoms with Crippen molar-refractivity contribution in [3.05, 3.63) is 22.8 Å². The van der Waals surface area contributed by atoms with Crippen LogP contribution in [0.25, 0.3) is 0 Å². The Morgan fingerprint density at radius 2 is 2.32 bits per heavy atom. The van der Waals surface area contributed by atoms with Crippen LogP contribution in [0.3, 0.4) is 0 Å². The van der Waals surface area contributed by atoms with Crippen molar-refractivity contribution in [2.24, 2.45) is 0 Å².